The second kappa shape index (κ2) is 10.0. The van der Waals surface area contributed by atoms with Gasteiger partial charge in [-0.1, -0.05) is 67.1 Å². The van der Waals surface area contributed by atoms with Gasteiger partial charge in [0.25, 0.3) is 10.0 Å². The highest BCUT2D eigenvalue weighted by Gasteiger charge is 2.29. The second-order valence-electron chi connectivity index (χ2n) is 7.96. The molecule has 1 unspecified atom stereocenters. The number of amides is 1. The summed E-state index contributed by atoms with van der Waals surface area (Å²) in [4.78, 5) is 13.2. The van der Waals surface area contributed by atoms with Crippen molar-refractivity contribution >= 4 is 21.6 Å². The van der Waals surface area contributed by atoms with Crippen LogP contribution in [0, 0.1) is 13.8 Å². The predicted molar refractivity (Wildman–Crippen MR) is 129 cm³/mol. The molecule has 1 N–H and O–H groups in total. The fraction of sp³-hybridized carbons (Fsp3) is 0.269. The molecule has 0 aromatic heterocycles. The maximum absolute atomic E-state index is 13.5. The Bertz CT molecular complexity index is 1190. The molecule has 5 nitrogen and oxygen atoms in total. The Labute approximate surface area is 191 Å². The number of hydrogen-bond donors (Lipinski definition) is 1. The van der Waals surface area contributed by atoms with Gasteiger partial charge in [0.05, 0.1) is 16.6 Å². The van der Waals surface area contributed by atoms with Crippen molar-refractivity contribution in [1.29, 1.82) is 0 Å². The van der Waals surface area contributed by atoms with Crippen LogP contribution in [0.2, 0.25) is 0 Å². The summed E-state index contributed by atoms with van der Waals surface area (Å²) in [5.74, 6) is -0.358. The first-order valence-electron chi connectivity index (χ1n) is 10.8. The van der Waals surface area contributed by atoms with Crippen LogP contribution in [0.15, 0.2) is 77.7 Å². The van der Waals surface area contributed by atoms with E-state index in [0.29, 0.717) is 12.1 Å². The maximum atomic E-state index is 13.5. The molecule has 1 amide bonds. The molecule has 0 saturated carbocycles. The first kappa shape index (κ1) is 23.5. The molecular weight excluding hydrogens is 420 g/mol. The van der Waals surface area contributed by atoms with Crippen molar-refractivity contribution in [2.24, 2.45) is 0 Å². The lowest BCUT2D eigenvalue weighted by Crippen LogP contribution is -2.42. The van der Waals surface area contributed by atoms with Gasteiger partial charge < -0.3 is 5.32 Å². The lowest BCUT2D eigenvalue weighted by molar-refractivity contribution is -0.120. The van der Waals surface area contributed by atoms with Crippen LogP contribution < -0.4 is 9.62 Å². The highest BCUT2D eigenvalue weighted by atomic mass is 32.2. The summed E-state index contributed by atoms with van der Waals surface area (Å²) >= 11 is 0. The number of anilines is 1. The SMILES string of the molecule is CCc1ccccc1N(CC(=O)NC(C)c1cc(C)ccc1C)S(=O)(=O)c1ccccc1. The highest BCUT2D eigenvalue weighted by Crippen LogP contribution is 2.27. The molecule has 0 aliphatic carbocycles. The van der Waals surface area contributed by atoms with Gasteiger partial charge in [0.2, 0.25) is 5.91 Å². The summed E-state index contributed by atoms with van der Waals surface area (Å²) in [5, 5.41) is 2.98. The van der Waals surface area contributed by atoms with Crippen molar-refractivity contribution in [2.75, 3.05) is 10.8 Å². The standard InChI is InChI=1S/C26H30N2O3S/c1-5-22-11-9-10-14-25(22)28(32(30,31)23-12-7-6-8-13-23)18-26(29)27-21(4)24-17-19(2)15-16-20(24)3/h6-17,21H,5,18H2,1-4H3,(H,27,29). The zero-order valence-electron chi connectivity index (χ0n) is 19.0. The molecule has 0 bridgehead atoms. The first-order valence-corrected chi connectivity index (χ1v) is 12.2. The van der Waals surface area contributed by atoms with Gasteiger partial charge in [0.15, 0.2) is 0 Å². The summed E-state index contributed by atoms with van der Waals surface area (Å²) in [6, 6.07) is 21.4. The van der Waals surface area contributed by atoms with E-state index in [4.69, 9.17) is 0 Å². The van der Waals surface area contributed by atoms with E-state index in [0.717, 1.165) is 22.3 Å². The Morgan fingerprint density at radius 3 is 2.31 bits per heavy atom. The number of nitrogens with one attached hydrogen (secondary N) is 1. The number of sulfonamides is 1. The third kappa shape index (κ3) is 5.19. The molecule has 0 heterocycles. The third-order valence-electron chi connectivity index (χ3n) is 5.54. The van der Waals surface area contributed by atoms with Gasteiger partial charge in [-0.2, -0.15) is 0 Å². The monoisotopic (exact) mass is 450 g/mol. The Balaban J connectivity index is 1.94. The number of nitrogens with zero attached hydrogens (tertiary/aromatic N) is 1. The molecule has 3 aromatic carbocycles. The van der Waals surface area contributed by atoms with Crippen LogP contribution in [0.5, 0.6) is 0 Å². The average molecular weight is 451 g/mol. The largest absolute Gasteiger partial charge is 0.348 e. The Morgan fingerprint density at radius 2 is 1.62 bits per heavy atom. The Hall–Kier alpha value is -3.12. The molecule has 0 aliphatic heterocycles. The van der Waals surface area contributed by atoms with Crippen molar-refractivity contribution in [3.63, 3.8) is 0 Å². The molecule has 6 heteroatoms. The van der Waals surface area contributed by atoms with Gasteiger partial charge in [0.1, 0.15) is 6.54 Å². The Kier molecular flexibility index (Phi) is 7.36. The van der Waals surface area contributed by atoms with E-state index in [-0.39, 0.29) is 23.4 Å². The second-order valence-corrected chi connectivity index (χ2v) is 9.82. The van der Waals surface area contributed by atoms with Gasteiger partial charge in [-0.05, 0) is 62.1 Å². The van der Waals surface area contributed by atoms with E-state index in [1.165, 1.54) is 4.31 Å². The van der Waals surface area contributed by atoms with E-state index in [1.54, 1.807) is 42.5 Å². The maximum Gasteiger partial charge on any atom is 0.264 e. The molecule has 0 spiro atoms. The van der Waals surface area contributed by atoms with Crippen LogP contribution in [0.3, 0.4) is 0 Å². The molecule has 168 valence electrons. The van der Waals surface area contributed by atoms with Crippen LogP contribution >= 0.6 is 0 Å². The molecule has 0 saturated heterocycles. The van der Waals surface area contributed by atoms with Crippen molar-refractivity contribution in [2.45, 2.75) is 45.1 Å². The minimum Gasteiger partial charge on any atom is -0.348 e. The van der Waals surface area contributed by atoms with Gasteiger partial charge >= 0.3 is 0 Å². The number of carbonyl (C=O) groups excluding carboxylic acids is 1. The molecule has 3 aromatic rings. The minimum absolute atomic E-state index is 0.154. The van der Waals surface area contributed by atoms with Gasteiger partial charge in [0, 0.05) is 0 Å². The van der Waals surface area contributed by atoms with E-state index in [1.807, 2.05) is 58.0 Å². The number of rotatable bonds is 8. The van der Waals surface area contributed by atoms with Crippen molar-refractivity contribution in [1.82, 2.24) is 5.32 Å². The highest BCUT2D eigenvalue weighted by molar-refractivity contribution is 7.92. The van der Waals surface area contributed by atoms with Gasteiger partial charge in [-0.15, -0.1) is 0 Å². The number of aryl methyl sites for hydroxylation is 3. The lowest BCUT2D eigenvalue weighted by Gasteiger charge is -2.27. The van der Waals surface area contributed by atoms with Crippen LogP contribution in [-0.2, 0) is 21.2 Å². The molecule has 0 aliphatic rings. The van der Waals surface area contributed by atoms with E-state index < -0.39 is 10.0 Å². The zero-order valence-corrected chi connectivity index (χ0v) is 19.8. The molecule has 1 atom stereocenters. The summed E-state index contributed by atoms with van der Waals surface area (Å²) in [5.41, 5.74) is 4.59. The van der Waals surface area contributed by atoms with E-state index in [2.05, 4.69) is 5.32 Å². The number of benzene rings is 3. The molecular formula is C26H30N2O3S. The van der Waals surface area contributed by atoms with Crippen molar-refractivity contribution in [3.8, 4) is 0 Å². The fourth-order valence-electron chi connectivity index (χ4n) is 3.79. The average Bonchev–Trinajstić information content (AvgIpc) is 2.79. The predicted octanol–water partition coefficient (Wildman–Crippen LogP) is 4.94. The summed E-state index contributed by atoms with van der Waals surface area (Å²) in [6.45, 7) is 7.59. The lowest BCUT2D eigenvalue weighted by atomic mass is 10.00. The van der Waals surface area contributed by atoms with Crippen molar-refractivity contribution < 1.29 is 13.2 Å². The molecule has 0 radical (unpaired) electrons. The van der Waals surface area contributed by atoms with Crippen LogP contribution in [0.4, 0.5) is 5.69 Å². The summed E-state index contributed by atoms with van der Waals surface area (Å²) in [6.07, 6.45) is 0.650. The summed E-state index contributed by atoms with van der Waals surface area (Å²) < 4.78 is 28.3. The normalized spacial score (nSPS) is 12.2. The van der Waals surface area contributed by atoms with E-state index in [9.17, 15) is 13.2 Å². The molecule has 3 rings (SSSR count). The number of hydrogen-bond acceptors (Lipinski definition) is 3. The fourth-order valence-corrected chi connectivity index (χ4v) is 5.27. The van der Waals surface area contributed by atoms with Gasteiger partial charge in [-0.25, -0.2) is 8.42 Å². The first-order chi connectivity index (χ1) is 15.2. The zero-order chi connectivity index (χ0) is 23.3. The van der Waals surface area contributed by atoms with Crippen LogP contribution in [0.25, 0.3) is 0 Å². The third-order valence-corrected chi connectivity index (χ3v) is 7.31. The molecule has 32 heavy (non-hydrogen) atoms. The molecule has 0 fully saturated rings. The quantitative estimate of drug-likeness (QED) is 0.529. The number of carbonyl (C=O) groups is 1. The Morgan fingerprint density at radius 1 is 0.969 bits per heavy atom. The van der Waals surface area contributed by atoms with Gasteiger partial charge in [-0.3, -0.25) is 9.10 Å². The van der Waals surface area contributed by atoms with Crippen LogP contribution in [-0.4, -0.2) is 20.9 Å². The van der Waals surface area contributed by atoms with Crippen LogP contribution in [0.1, 0.15) is 42.1 Å². The smallest absolute Gasteiger partial charge is 0.264 e. The number of para-hydroxylation sites is 1. The van der Waals surface area contributed by atoms with E-state index >= 15 is 0 Å². The summed E-state index contributed by atoms with van der Waals surface area (Å²) in [7, 11) is -3.92. The topological polar surface area (TPSA) is 66.5 Å². The van der Waals surface area contributed by atoms with Crippen molar-refractivity contribution in [3.05, 3.63) is 95.1 Å². The minimum atomic E-state index is -3.92.